The van der Waals surface area contributed by atoms with E-state index >= 15 is 0 Å². The molecule has 1 aromatic rings. The first kappa shape index (κ1) is 10.0. The Bertz CT molecular complexity index is 392. The average molecular weight is 198 g/mol. The summed E-state index contributed by atoms with van der Waals surface area (Å²) in [5, 5.41) is 0. The molecule has 1 heterocycles. The summed E-state index contributed by atoms with van der Waals surface area (Å²) in [6, 6.07) is 7.93. The third-order valence-corrected chi connectivity index (χ3v) is 2.94. The maximum absolute atomic E-state index is 7.53. The molecule has 0 aliphatic carbocycles. The molecule has 0 bridgehead atoms. The van der Waals surface area contributed by atoms with Crippen LogP contribution >= 0.6 is 0 Å². The van der Waals surface area contributed by atoms with Crippen LogP contribution < -0.4 is 4.74 Å². The van der Waals surface area contributed by atoms with E-state index in [2.05, 4.69) is 6.58 Å². The van der Waals surface area contributed by atoms with Gasteiger partial charge in [0.05, 0.1) is 6.61 Å². The lowest BCUT2D eigenvalue weighted by Gasteiger charge is -2.32. The van der Waals surface area contributed by atoms with E-state index in [0.717, 1.165) is 16.9 Å². The maximum Gasteiger partial charge on any atom is 0.123 e. The van der Waals surface area contributed by atoms with Crippen molar-refractivity contribution in [2.45, 2.75) is 12.8 Å². The Hall–Kier alpha value is -1.50. The molecule has 15 heavy (non-hydrogen) atoms. The zero-order valence-electron chi connectivity index (χ0n) is 8.86. The van der Waals surface area contributed by atoms with Crippen molar-refractivity contribution in [2.24, 2.45) is 5.92 Å². The molecule has 0 saturated heterocycles. The molecule has 2 unspecified atom stereocenters. The average Bonchev–Trinajstić information content (AvgIpc) is 2.27. The van der Waals surface area contributed by atoms with Crippen molar-refractivity contribution in [1.82, 2.24) is 0 Å². The van der Waals surface area contributed by atoms with Crippen molar-refractivity contribution < 1.29 is 4.74 Å². The van der Waals surface area contributed by atoms with Crippen LogP contribution in [0, 0.1) is 12.5 Å². The van der Waals surface area contributed by atoms with E-state index < -0.39 is 0 Å². The lowest BCUT2D eigenvalue weighted by Crippen LogP contribution is -2.25. The van der Waals surface area contributed by atoms with Gasteiger partial charge in [0.1, 0.15) is 5.75 Å². The second-order valence-corrected chi connectivity index (χ2v) is 3.99. The highest BCUT2D eigenvalue weighted by molar-refractivity contribution is 5.41. The molecule has 0 saturated carbocycles. The monoisotopic (exact) mass is 198 g/mol. The van der Waals surface area contributed by atoms with Crippen LogP contribution in [0.4, 0.5) is 0 Å². The van der Waals surface area contributed by atoms with Crippen molar-refractivity contribution in [2.75, 3.05) is 6.61 Å². The van der Waals surface area contributed by atoms with Gasteiger partial charge < -0.3 is 4.74 Å². The number of hydrogen-bond acceptors (Lipinski definition) is 1. The SMILES string of the molecule is [C]=CC1c2ccccc2OCC1C(=C)C. The van der Waals surface area contributed by atoms with Crippen molar-refractivity contribution in [3.63, 3.8) is 0 Å². The van der Waals surface area contributed by atoms with Gasteiger partial charge in [-0.15, -0.1) is 0 Å². The van der Waals surface area contributed by atoms with Crippen LogP contribution in [0.1, 0.15) is 18.4 Å². The minimum absolute atomic E-state index is 0.118. The highest BCUT2D eigenvalue weighted by atomic mass is 16.5. The van der Waals surface area contributed by atoms with E-state index in [0.29, 0.717) is 6.61 Å². The van der Waals surface area contributed by atoms with Crippen LogP contribution in [0.15, 0.2) is 42.5 Å². The first-order valence-corrected chi connectivity index (χ1v) is 5.11. The zero-order valence-corrected chi connectivity index (χ0v) is 8.86. The molecule has 1 heteroatoms. The molecule has 2 radical (unpaired) electrons. The molecule has 2 atom stereocenters. The molecular formula is C14H14O. The van der Waals surface area contributed by atoms with Gasteiger partial charge in [0, 0.05) is 17.4 Å². The Balaban J connectivity index is 2.43. The van der Waals surface area contributed by atoms with Gasteiger partial charge in [-0.3, -0.25) is 0 Å². The third kappa shape index (κ3) is 1.70. The summed E-state index contributed by atoms with van der Waals surface area (Å²) < 4.78 is 5.67. The first-order valence-electron chi connectivity index (χ1n) is 5.11. The Morgan fingerprint density at radius 1 is 1.53 bits per heavy atom. The predicted octanol–water partition coefficient (Wildman–Crippen LogP) is 3.22. The number of para-hydroxylation sites is 1. The van der Waals surface area contributed by atoms with Gasteiger partial charge >= 0.3 is 0 Å². The molecule has 0 spiro atoms. The van der Waals surface area contributed by atoms with Crippen LogP contribution in [0.3, 0.4) is 0 Å². The van der Waals surface area contributed by atoms with Gasteiger partial charge in [0.2, 0.25) is 0 Å². The summed E-state index contributed by atoms with van der Waals surface area (Å²) in [5.74, 6) is 1.26. The third-order valence-electron chi connectivity index (χ3n) is 2.94. The van der Waals surface area contributed by atoms with Crippen molar-refractivity contribution in [3.05, 3.63) is 54.6 Å². The fraction of sp³-hybridized carbons (Fsp3) is 0.286. The largest absolute Gasteiger partial charge is 0.493 e. The molecule has 0 fully saturated rings. The summed E-state index contributed by atoms with van der Waals surface area (Å²) >= 11 is 0. The lowest BCUT2D eigenvalue weighted by atomic mass is 9.81. The normalized spacial score (nSPS) is 23.8. The minimum atomic E-state index is 0.118. The van der Waals surface area contributed by atoms with Gasteiger partial charge in [-0.2, -0.15) is 0 Å². The Kier molecular flexibility index (Phi) is 2.63. The van der Waals surface area contributed by atoms with E-state index in [1.165, 1.54) is 6.08 Å². The fourth-order valence-electron chi connectivity index (χ4n) is 2.04. The number of fused-ring (bicyclic) bond motifs is 1. The highest BCUT2D eigenvalue weighted by Crippen LogP contribution is 2.39. The second-order valence-electron chi connectivity index (χ2n) is 3.99. The van der Waals surface area contributed by atoms with E-state index in [9.17, 15) is 0 Å². The lowest BCUT2D eigenvalue weighted by molar-refractivity contribution is 0.230. The molecule has 2 rings (SSSR count). The predicted molar refractivity (Wildman–Crippen MR) is 60.8 cm³/mol. The van der Waals surface area contributed by atoms with Crippen molar-refractivity contribution in [1.29, 1.82) is 0 Å². The van der Waals surface area contributed by atoms with Crippen LogP contribution in [-0.2, 0) is 0 Å². The summed E-state index contributed by atoms with van der Waals surface area (Å²) in [7, 11) is 0. The Morgan fingerprint density at radius 3 is 2.93 bits per heavy atom. The van der Waals surface area contributed by atoms with Crippen LogP contribution in [0.25, 0.3) is 0 Å². The summed E-state index contributed by atoms with van der Waals surface area (Å²) in [4.78, 5) is 0. The molecule has 0 aromatic heterocycles. The minimum Gasteiger partial charge on any atom is -0.493 e. The standard InChI is InChI=1S/C14H14O/c1-4-11-12-7-5-6-8-14(12)15-9-13(11)10(2)3/h4-8,11,13H,2,9H2,3H3. The topological polar surface area (TPSA) is 9.23 Å². The molecule has 1 nitrogen and oxygen atoms in total. The maximum atomic E-state index is 7.53. The molecule has 76 valence electrons. The molecule has 1 aliphatic heterocycles. The molecule has 0 N–H and O–H groups in total. The van der Waals surface area contributed by atoms with Gasteiger partial charge in [0.25, 0.3) is 0 Å². The van der Waals surface area contributed by atoms with Gasteiger partial charge in [0.15, 0.2) is 0 Å². The second kappa shape index (κ2) is 3.93. The smallest absolute Gasteiger partial charge is 0.123 e. The summed E-state index contributed by atoms with van der Waals surface area (Å²) in [6.45, 7) is 14.1. The quantitative estimate of drug-likeness (QED) is 0.663. The highest BCUT2D eigenvalue weighted by Gasteiger charge is 2.28. The molecular weight excluding hydrogens is 184 g/mol. The Morgan fingerprint density at radius 2 is 2.27 bits per heavy atom. The van der Waals surface area contributed by atoms with Crippen LogP contribution in [-0.4, -0.2) is 6.61 Å². The summed E-state index contributed by atoms with van der Waals surface area (Å²) in [6.07, 6.45) is 1.50. The molecule has 1 aromatic carbocycles. The number of ether oxygens (including phenoxy) is 1. The van der Waals surface area contributed by atoms with Crippen LogP contribution in [0.5, 0.6) is 5.75 Å². The van der Waals surface area contributed by atoms with E-state index in [4.69, 9.17) is 11.3 Å². The van der Waals surface area contributed by atoms with E-state index in [1.807, 2.05) is 31.2 Å². The van der Waals surface area contributed by atoms with E-state index in [-0.39, 0.29) is 11.8 Å². The van der Waals surface area contributed by atoms with Crippen LogP contribution in [0.2, 0.25) is 0 Å². The van der Waals surface area contributed by atoms with Gasteiger partial charge in [-0.25, -0.2) is 0 Å². The number of allylic oxidation sites excluding steroid dienone is 1. The van der Waals surface area contributed by atoms with Gasteiger partial charge in [-0.1, -0.05) is 36.4 Å². The number of benzene rings is 1. The number of hydrogen-bond donors (Lipinski definition) is 0. The zero-order chi connectivity index (χ0) is 10.8. The van der Waals surface area contributed by atoms with Crippen molar-refractivity contribution >= 4 is 0 Å². The molecule has 1 aliphatic rings. The van der Waals surface area contributed by atoms with Crippen molar-refractivity contribution in [3.8, 4) is 5.75 Å². The van der Waals surface area contributed by atoms with Gasteiger partial charge in [-0.05, 0) is 19.6 Å². The number of rotatable bonds is 2. The van der Waals surface area contributed by atoms with E-state index in [1.54, 1.807) is 0 Å². The fourth-order valence-corrected chi connectivity index (χ4v) is 2.04. The first-order chi connectivity index (χ1) is 7.24. The Labute approximate surface area is 91.1 Å². The summed E-state index contributed by atoms with van der Waals surface area (Å²) in [5.41, 5.74) is 2.18. The molecule has 0 amide bonds.